The molecule has 7 nitrogen and oxygen atoms in total. The molecule has 1 aliphatic heterocycles. The highest BCUT2D eigenvalue weighted by Gasteiger charge is 2.28. The summed E-state index contributed by atoms with van der Waals surface area (Å²) in [6, 6.07) is 14.9. The fourth-order valence-corrected chi connectivity index (χ4v) is 4.07. The van der Waals surface area contributed by atoms with Crippen molar-refractivity contribution in [2.75, 3.05) is 5.32 Å². The monoisotopic (exact) mass is 452 g/mol. The minimum absolute atomic E-state index is 0.0334. The predicted octanol–water partition coefficient (Wildman–Crippen LogP) is 4.72. The van der Waals surface area contributed by atoms with Crippen LogP contribution in [0.25, 0.3) is 11.5 Å². The molecule has 1 N–H and O–H groups in total. The molecule has 1 unspecified atom stereocenters. The van der Waals surface area contributed by atoms with Gasteiger partial charge in [-0.3, -0.25) is 9.59 Å². The van der Waals surface area contributed by atoms with Crippen LogP contribution in [0.4, 0.5) is 5.69 Å². The number of nitrogens with one attached hydrogen (secondary N) is 1. The van der Waals surface area contributed by atoms with Gasteiger partial charge in [-0.15, -0.1) is 10.2 Å². The van der Waals surface area contributed by atoms with Crippen LogP contribution in [0.5, 0.6) is 0 Å². The summed E-state index contributed by atoms with van der Waals surface area (Å²) in [7, 11) is 0. The highest BCUT2D eigenvalue weighted by atomic mass is 35.5. The van der Waals surface area contributed by atoms with E-state index in [1.54, 1.807) is 17.0 Å². The first-order valence-corrected chi connectivity index (χ1v) is 11.1. The van der Waals surface area contributed by atoms with Gasteiger partial charge in [0.05, 0.1) is 17.1 Å². The summed E-state index contributed by atoms with van der Waals surface area (Å²) in [5, 5.41) is 11.6. The van der Waals surface area contributed by atoms with E-state index in [1.165, 1.54) is 0 Å². The van der Waals surface area contributed by atoms with Crippen molar-refractivity contribution in [1.82, 2.24) is 15.1 Å². The van der Waals surface area contributed by atoms with E-state index < -0.39 is 0 Å². The van der Waals surface area contributed by atoms with Gasteiger partial charge in [0.1, 0.15) is 0 Å². The van der Waals surface area contributed by atoms with E-state index in [0.717, 1.165) is 11.3 Å². The van der Waals surface area contributed by atoms with E-state index in [9.17, 15) is 9.59 Å². The second kappa shape index (κ2) is 9.53. The molecule has 3 aromatic rings. The molecule has 0 bridgehead atoms. The zero-order chi connectivity index (χ0) is 22.7. The topological polar surface area (TPSA) is 88.3 Å². The summed E-state index contributed by atoms with van der Waals surface area (Å²) in [5.41, 5.74) is 2.61. The molecule has 0 fully saturated rings. The molecular weight excluding hydrogens is 428 g/mol. The van der Waals surface area contributed by atoms with Crippen molar-refractivity contribution in [3.8, 4) is 11.5 Å². The number of carbonyl (C=O) groups excluding carboxylic acids is 2. The number of rotatable bonds is 7. The Morgan fingerprint density at radius 3 is 2.72 bits per heavy atom. The van der Waals surface area contributed by atoms with Gasteiger partial charge in [-0.05, 0) is 50.5 Å². The molecule has 2 aromatic carbocycles. The minimum Gasteiger partial charge on any atom is -0.419 e. The lowest BCUT2D eigenvalue weighted by molar-refractivity contribution is -0.134. The number of amides is 2. The molecule has 0 saturated carbocycles. The van der Waals surface area contributed by atoms with E-state index in [1.807, 2.05) is 50.2 Å². The van der Waals surface area contributed by atoms with Crippen molar-refractivity contribution < 1.29 is 14.0 Å². The summed E-state index contributed by atoms with van der Waals surface area (Å²) < 4.78 is 5.77. The first-order chi connectivity index (χ1) is 15.4. The van der Waals surface area contributed by atoms with E-state index in [2.05, 4.69) is 15.5 Å². The first kappa shape index (κ1) is 22.0. The zero-order valence-corrected chi connectivity index (χ0v) is 18.8. The quantitative estimate of drug-likeness (QED) is 0.560. The van der Waals surface area contributed by atoms with Gasteiger partial charge in [-0.2, -0.15) is 0 Å². The molecule has 2 heterocycles. The number of aromatic nitrogens is 2. The Kier molecular flexibility index (Phi) is 6.55. The molecule has 166 valence electrons. The minimum atomic E-state index is -0.224. The molecule has 0 radical (unpaired) electrons. The molecular formula is C24H25ClN4O3. The summed E-state index contributed by atoms with van der Waals surface area (Å²) in [6.07, 6.45) is 1.39. The van der Waals surface area contributed by atoms with Crippen LogP contribution in [0.15, 0.2) is 52.9 Å². The number of hydrogen-bond acceptors (Lipinski definition) is 5. The van der Waals surface area contributed by atoms with Gasteiger partial charge < -0.3 is 14.6 Å². The van der Waals surface area contributed by atoms with Gasteiger partial charge in [0, 0.05) is 24.1 Å². The van der Waals surface area contributed by atoms with Crippen LogP contribution in [0.3, 0.4) is 0 Å². The molecule has 8 heteroatoms. The third-order valence-electron chi connectivity index (χ3n) is 5.64. The number of nitrogens with zero attached hydrogens (tertiary/aromatic N) is 3. The standard InChI is InChI=1S/C24H25ClN4O3/c1-15(2)29(14-21-27-28-24(32-21)18-8-4-5-9-19(18)25)22(30)12-11-17-13-16-7-3-6-10-20(16)26-23(17)31/h3-10,15,17H,11-14H2,1-2H3,(H,26,31). The van der Waals surface area contributed by atoms with Crippen molar-refractivity contribution in [3.05, 3.63) is 65.0 Å². The number of anilines is 1. The molecule has 1 atom stereocenters. The Bertz CT molecular complexity index is 1130. The Morgan fingerprint density at radius 2 is 1.94 bits per heavy atom. The highest BCUT2D eigenvalue weighted by Crippen LogP contribution is 2.29. The number of fused-ring (bicyclic) bond motifs is 1. The van der Waals surface area contributed by atoms with Gasteiger partial charge in [-0.25, -0.2) is 0 Å². The SMILES string of the molecule is CC(C)N(Cc1nnc(-c2ccccc2Cl)o1)C(=O)CCC1Cc2ccccc2NC1=O. The normalized spacial score (nSPS) is 15.4. The number of para-hydroxylation sites is 1. The van der Waals surface area contributed by atoms with E-state index in [4.69, 9.17) is 16.0 Å². The number of carbonyl (C=O) groups is 2. The van der Waals surface area contributed by atoms with Crippen LogP contribution in [-0.4, -0.2) is 33.0 Å². The van der Waals surface area contributed by atoms with Gasteiger partial charge in [0.2, 0.25) is 23.6 Å². The van der Waals surface area contributed by atoms with E-state index in [-0.39, 0.29) is 36.7 Å². The molecule has 4 rings (SSSR count). The van der Waals surface area contributed by atoms with Crippen molar-refractivity contribution >= 4 is 29.1 Å². The maximum atomic E-state index is 13.0. The van der Waals surface area contributed by atoms with Gasteiger partial charge in [0.25, 0.3) is 0 Å². The fourth-order valence-electron chi connectivity index (χ4n) is 3.85. The molecule has 1 aliphatic rings. The number of benzene rings is 2. The van der Waals surface area contributed by atoms with Gasteiger partial charge >= 0.3 is 0 Å². The first-order valence-electron chi connectivity index (χ1n) is 10.7. The van der Waals surface area contributed by atoms with Crippen LogP contribution in [0.2, 0.25) is 5.02 Å². The Hall–Kier alpha value is -3.19. The fraction of sp³-hybridized carbons (Fsp3) is 0.333. The molecule has 32 heavy (non-hydrogen) atoms. The molecule has 1 aromatic heterocycles. The lowest BCUT2D eigenvalue weighted by atomic mass is 9.89. The highest BCUT2D eigenvalue weighted by molar-refractivity contribution is 6.33. The summed E-state index contributed by atoms with van der Waals surface area (Å²) >= 11 is 6.21. The molecule has 0 saturated heterocycles. The Labute approximate surface area is 191 Å². The smallest absolute Gasteiger partial charge is 0.249 e. The molecule has 0 spiro atoms. The van der Waals surface area contributed by atoms with Crippen molar-refractivity contribution in [2.45, 2.75) is 45.7 Å². The number of halogens is 1. The van der Waals surface area contributed by atoms with Crippen LogP contribution in [0, 0.1) is 5.92 Å². The van der Waals surface area contributed by atoms with Gasteiger partial charge in [-0.1, -0.05) is 41.9 Å². The zero-order valence-electron chi connectivity index (χ0n) is 18.0. The van der Waals surface area contributed by atoms with Crippen molar-refractivity contribution in [3.63, 3.8) is 0 Å². The van der Waals surface area contributed by atoms with Crippen LogP contribution >= 0.6 is 11.6 Å². The third-order valence-corrected chi connectivity index (χ3v) is 5.97. The van der Waals surface area contributed by atoms with Gasteiger partial charge in [0.15, 0.2) is 0 Å². The summed E-state index contributed by atoms with van der Waals surface area (Å²) in [6.45, 7) is 4.08. The van der Waals surface area contributed by atoms with Crippen molar-refractivity contribution in [2.24, 2.45) is 5.92 Å². The number of hydrogen-bond donors (Lipinski definition) is 1. The van der Waals surface area contributed by atoms with Crippen LogP contribution < -0.4 is 5.32 Å². The molecule has 2 amide bonds. The maximum absolute atomic E-state index is 13.0. The second-order valence-electron chi connectivity index (χ2n) is 8.18. The third kappa shape index (κ3) is 4.83. The van der Waals surface area contributed by atoms with E-state index in [0.29, 0.717) is 35.2 Å². The lowest BCUT2D eigenvalue weighted by Gasteiger charge is -2.27. The van der Waals surface area contributed by atoms with Crippen molar-refractivity contribution in [1.29, 1.82) is 0 Å². The average molecular weight is 453 g/mol. The lowest BCUT2D eigenvalue weighted by Crippen LogP contribution is -2.37. The summed E-state index contributed by atoms with van der Waals surface area (Å²) in [5.74, 6) is 0.349. The maximum Gasteiger partial charge on any atom is 0.249 e. The summed E-state index contributed by atoms with van der Waals surface area (Å²) in [4.78, 5) is 27.1. The Balaban J connectivity index is 1.40. The predicted molar refractivity (Wildman–Crippen MR) is 122 cm³/mol. The Morgan fingerprint density at radius 1 is 1.19 bits per heavy atom. The average Bonchev–Trinajstić information content (AvgIpc) is 3.24. The second-order valence-corrected chi connectivity index (χ2v) is 8.59. The van der Waals surface area contributed by atoms with Crippen LogP contribution in [0.1, 0.15) is 38.1 Å². The van der Waals surface area contributed by atoms with Crippen LogP contribution in [-0.2, 0) is 22.6 Å². The van der Waals surface area contributed by atoms with E-state index >= 15 is 0 Å². The largest absolute Gasteiger partial charge is 0.419 e. The molecule has 0 aliphatic carbocycles.